The first-order valence-corrected chi connectivity index (χ1v) is 5.03. The van der Waals surface area contributed by atoms with Crippen LogP contribution in [0.15, 0.2) is 17.5 Å². The van der Waals surface area contributed by atoms with Crippen LogP contribution in [0.2, 0.25) is 0 Å². The number of thiophene rings is 1. The van der Waals surface area contributed by atoms with Gasteiger partial charge in [-0.2, -0.15) is 0 Å². The molecule has 0 unspecified atom stereocenters. The molecule has 0 saturated carbocycles. The highest BCUT2D eigenvalue weighted by atomic mass is 32.1. The van der Waals surface area contributed by atoms with E-state index in [1.165, 1.54) is 11.3 Å². The normalized spacial score (nSPS) is 11.4. The molecular weight excluding hydrogens is 204 g/mol. The van der Waals surface area contributed by atoms with Crippen molar-refractivity contribution in [3.63, 3.8) is 0 Å². The predicted molar refractivity (Wildman–Crippen MR) is 55.9 cm³/mol. The van der Waals surface area contributed by atoms with Gasteiger partial charge in [0.05, 0.1) is 4.70 Å². The number of nitrogen functional groups attached to an aromatic ring is 1. The molecule has 2 rings (SSSR count). The average Bonchev–Trinajstić information content (AvgIpc) is 2.51. The van der Waals surface area contributed by atoms with E-state index in [4.69, 9.17) is 5.73 Å². The second-order valence-electron chi connectivity index (χ2n) is 3.16. The summed E-state index contributed by atoms with van der Waals surface area (Å²) in [4.78, 5) is 0. The first-order chi connectivity index (χ1) is 6.61. The lowest BCUT2D eigenvalue weighted by molar-refractivity contribution is 0.152. The third-order valence-corrected chi connectivity index (χ3v) is 3.20. The highest BCUT2D eigenvalue weighted by Gasteiger charge is 2.16. The molecule has 0 aliphatic rings. The number of nitrogens with two attached hydrogens (primary N) is 1. The zero-order valence-electron chi connectivity index (χ0n) is 7.55. The minimum Gasteiger partial charge on any atom is -0.398 e. The van der Waals surface area contributed by atoms with Gasteiger partial charge in [-0.15, -0.1) is 11.3 Å². The molecule has 0 saturated heterocycles. The van der Waals surface area contributed by atoms with Gasteiger partial charge in [0.2, 0.25) is 0 Å². The molecule has 1 heterocycles. The summed E-state index contributed by atoms with van der Waals surface area (Å²) in [5.41, 5.74) is 6.98. The predicted octanol–water partition coefficient (Wildman–Crippen LogP) is 3.73. The maximum atomic E-state index is 12.7. The third-order valence-electron chi connectivity index (χ3n) is 2.23. The molecule has 0 aliphatic carbocycles. The van der Waals surface area contributed by atoms with Crippen molar-refractivity contribution in [1.29, 1.82) is 0 Å². The molecule has 4 heteroatoms. The van der Waals surface area contributed by atoms with Gasteiger partial charge in [0.25, 0.3) is 6.43 Å². The van der Waals surface area contributed by atoms with E-state index in [-0.39, 0.29) is 5.56 Å². The van der Waals surface area contributed by atoms with Crippen molar-refractivity contribution in [2.24, 2.45) is 0 Å². The Labute approximate surface area is 84.2 Å². The Balaban J connectivity index is 2.86. The third kappa shape index (κ3) is 1.26. The molecular formula is C10H9F2NS. The van der Waals surface area contributed by atoms with Gasteiger partial charge in [0, 0.05) is 16.6 Å². The number of anilines is 1. The zero-order chi connectivity index (χ0) is 10.3. The summed E-state index contributed by atoms with van der Waals surface area (Å²) in [6.45, 7) is 1.66. The molecule has 0 amide bonds. The molecule has 0 aliphatic heterocycles. The standard InChI is InChI=1S/C10H9F2NS/c1-5-4-7(13)9-6(2-3-14-9)8(5)10(11)12/h2-4,10H,13H2,1H3. The van der Waals surface area contributed by atoms with Crippen LogP contribution in [-0.4, -0.2) is 0 Å². The Bertz CT molecular complexity index is 476. The van der Waals surface area contributed by atoms with Crippen LogP contribution < -0.4 is 5.73 Å². The van der Waals surface area contributed by atoms with Gasteiger partial charge >= 0.3 is 0 Å². The highest BCUT2D eigenvalue weighted by molar-refractivity contribution is 7.17. The second-order valence-corrected chi connectivity index (χ2v) is 4.08. The van der Waals surface area contributed by atoms with Gasteiger partial charge in [-0.25, -0.2) is 8.78 Å². The van der Waals surface area contributed by atoms with Crippen LogP contribution in [0.4, 0.5) is 14.5 Å². The Kier molecular flexibility index (Phi) is 2.15. The van der Waals surface area contributed by atoms with Crippen LogP contribution in [0.25, 0.3) is 10.1 Å². The van der Waals surface area contributed by atoms with Crippen LogP contribution in [0.3, 0.4) is 0 Å². The van der Waals surface area contributed by atoms with E-state index in [0.717, 1.165) is 4.70 Å². The molecule has 1 aromatic carbocycles. The van der Waals surface area contributed by atoms with E-state index in [9.17, 15) is 8.78 Å². The van der Waals surface area contributed by atoms with E-state index in [1.54, 1.807) is 24.4 Å². The molecule has 2 aromatic rings. The van der Waals surface area contributed by atoms with Crippen LogP contribution in [0, 0.1) is 6.92 Å². The SMILES string of the molecule is Cc1cc(N)c2sccc2c1C(F)F. The molecule has 1 nitrogen and oxygen atoms in total. The molecule has 14 heavy (non-hydrogen) atoms. The maximum Gasteiger partial charge on any atom is 0.264 e. The van der Waals surface area contributed by atoms with E-state index >= 15 is 0 Å². The second kappa shape index (κ2) is 3.20. The van der Waals surface area contributed by atoms with Crippen LogP contribution in [0.5, 0.6) is 0 Å². The fourth-order valence-corrected chi connectivity index (χ4v) is 2.46. The molecule has 0 bridgehead atoms. The van der Waals surface area contributed by atoms with Crippen molar-refractivity contribution in [1.82, 2.24) is 0 Å². The van der Waals surface area contributed by atoms with Gasteiger partial charge in [-0.3, -0.25) is 0 Å². The zero-order valence-corrected chi connectivity index (χ0v) is 8.37. The van der Waals surface area contributed by atoms with E-state index in [2.05, 4.69) is 0 Å². The minimum atomic E-state index is -2.44. The first kappa shape index (κ1) is 9.40. The molecule has 0 spiro atoms. The number of alkyl halides is 2. The molecule has 2 N–H and O–H groups in total. The summed E-state index contributed by atoms with van der Waals surface area (Å²) < 4.78 is 26.2. The Hall–Kier alpha value is -1.16. The van der Waals surface area contributed by atoms with Crippen molar-refractivity contribution in [2.45, 2.75) is 13.3 Å². The van der Waals surface area contributed by atoms with E-state index in [1.807, 2.05) is 0 Å². The molecule has 1 aromatic heterocycles. The lowest BCUT2D eigenvalue weighted by Gasteiger charge is -2.08. The smallest absolute Gasteiger partial charge is 0.264 e. The summed E-state index contributed by atoms with van der Waals surface area (Å²) in [7, 11) is 0. The Morgan fingerprint density at radius 2 is 2.14 bits per heavy atom. The quantitative estimate of drug-likeness (QED) is 0.717. The van der Waals surface area contributed by atoms with Crippen molar-refractivity contribution in [2.75, 3.05) is 5.73 Å². The van der Waals surface area contributed by atoms with E-state index in [0.29, 0.717) is 16.6 Å². The fourth-order valence-electron chi connectivity index (χ4n) is 1.62. The van der Waals surface area contributed by atoms with Gasteiger partial charge < -0.3 is 5.73 Å². The highest BCUT2D eigenvalue weighted by Crippen LogP contribution is 2.36. The largest absolute Gasteiger partial charge is 0.398 e. The molecule has 0 radical (unpaired) electrons. The summed E-state index contributed by atoms with van der Waals surface area (Å²) in [6.07, 6.45) is -2.44. The molecule has 0 fully saturated rings. The average molecular weight is 213 g/mol. The van der Waals surface area contributed by atoms with Crippen LogP contribution >= 0.6 is 11.3 Å². The van der Waals surface area contributed by atoms with Crippen LogP contribution in [-0.2, 0) is 0 Å². The monoisotopic (exact) mass is 213 g/mol. The van der Waals surface area contributed by atoms with Crippen molar-refractivity contribution in [3.05, 3.63) is 28.6 Å². The van der Waals surface area contributed by atoms with Gasteiger partial charge in [-0.1, -0.05) is 0 Å². The first-order valence-electron chi connectivity index (χ1n) is 4.15. The summed E-state index contributed by atoms with van der Waals surface area (Å²) in [5.74, 6) is 0. The van der Waals surface area contributed by atoms with Crippen molar-refractivity contribution < 1.29 is 8.78 Å². The Morgan fingerprint density at radius 3 is 2.79 bits per heavy atom. The number of fused-ring (bicyclic) bond motifs is 1. The van der Waals surface area contributed by atoms with Gasteiger partial charge in [-0.05, 0) is 30.0 Å². The maximum absolute atomic E-state index is 12.7. The summed E-state index contributed by atoms with van der Waals surface area (Å²) in [6, 6.07) is 3.31. The van der Waals surface area contributed by atoms with Gasteiger partial charge in [0.1, 0.15) is 0 Å². The number of rotatable bonds is 1. The number of aryl methyl sites for hydroxylation is 1. The summed E-state index contributed by atoms with van der Waals surface area (Å²) >= 11 is 1.40. The van der Waals surface area contributed by atoms with E-state index < -0.39 is 6.43 Å². The molecule has 74 valence electrons. The lowest BCUT2D eigenvalue weighted by atomic mass is 10.0. The molecule has 0 atom stereocenters. The minimum absolute atomic E-state index is 0.107. The Morgan fingerprint density at radius 1 is 1.43 bits per heavy atom. The van der Waals surface area contributed by atoms with Crippen molar-refractivity contribution in [3.8, 4) is 0 Å². The van der Waals surface area contributed by atoms with Gasteiger partial charge in [0.15, 0.2) is 0 Å². The summed E-state index contributed by atoms with van der Waals surface area (Å²) in [5, 5.41) is 2.37. The lowest BCUT2D eigenvalue weighted by Crippen LogP contribution is -1.94. The number of benzene rings is 1. The number of hydrogen-bond acceptors (Lipinski definition) is 2. The van der Waals surface area contributed by atoms with Crippen molar-refractivity contribution >= 4 is 27.1 Å². The topological polar surface area (TPSA) is 26.0 Å². The van der Waals surface area contributed by atoms with Crippen LogP contribution in [0.1, 0.15) is 17.6 Å². The number of halogens is 2. The number of hydrogen-bond donors (Lipinski definition) is 1. The fraction of sp³-hybridized carbons (Fsp3) is 0.200.